The van der Waals surface area contributed by atoms with Crippen molar-refractivity contribution in [2.75, 3.05) is 6.61 Å². The third-order valence-corrected chi connectivity index (χ3v) is 4.33. The maximum Gasteiger partial charge on any atom is 0.276 e. The molecule has 0 unspecified atom stereocenters. The predicted molar refractivity (Wildman–Crippen MR) is 117 cm³/mol. The van der Waals surface area contributed by atoms with Gasteiger partial charge in [0, 0.05) is 6.08 Å². The smallest absolute Gasteiger partial charge is 0.276 e. The van der Waals surface area contributed by atoms with E-state index in [0.29, 0.717) is 5.75 Å². The minimum Gasteiger partial charge on any atom is -0.483 e. The van der Waals surface area contributed by atoms with Crippen LogP contribution in [0.15, 0.2) is 53.0 Å². The van der Waals surface area contributed by atoms with Crippen LogP contribution in [-0.4, -0.2) is 23.5 Å². The van der Waals surface area contributed by atoms with E-state index in [-0.39, 0.29) is 11.7 Å². The topological polar surface area (TPSA) is 79.5 Å². The number of thiocarbonyl (C=S) groups is 1. The molecule has 2 rings (SSSR count). The summed E-state index contributed by atoms with van der Waals surface area (Å²) < 4.78 is 6.18. The first-order valence-corrected chi connectivity index (χ1v) is 9.57. The van der Waals surface area contributed by atoms with Crippen molar-refractivity contribution >= 4 is 51.2 Å². The molecule has 0 aliphatic rings. The molecule has 0 fully saturated rings. The summed E-state index contributed by atoms with van der Waals surface area (Å²) in [4.78, 5) is 23.7. The lowest BCUT2D eigenvalue weighted by molar-refractivity contribution is -0.123. The minimum absolute atomic E-state index is 0.0246. The number of benzene rings is 2. The molecule has 2 aromatic rings. The summed E-state index contributed by atoms with van der Waals surface area (Å²) in [5.41, 5.74) is 7.92. The highest BCUT2D eigenvalue weighted by molar-refractivity contribution is 9.10. The number of aryl methyl sites for hydroxylation is 2. The monoisotopic (exact) mass is 461 g/mol. The Morgan fingerprint density at radius 1 is 1.07 bits per heavy atom. The van der Waals surface area contributed by atoms with Crippen LogP contribution in [0.1, 0.15) is 16.7 Å². The highest BCUT2D eigenvalue weighted by Crippen LogP contribution is 2.25. The lowest BCUT2D eigenvalue weighted by Crippen LogP contribution is -2.49. The zero-order chi connectivity index (χ0) is 20.5. The summed E-state index contributed by atoms with van der Waals surface area (Å²) in [5, 5.41) is 2.41. The number of carbonyl (C=O) groups excluding carboxylic acids is 2. The molecule has 2 aromatic carbocycles. The van der Waals surface area contributed by atoms with Gasteiger partial charge in [-0.15, -0.1) is 0 Å². The molecule has 0 aromatic heterocycles. The molecule has 0 saturated carbocycles. The van der Waals surface area contributed by atoms with E-state index in [4.69, 9.17) is 17.0 Å². The zero-order valence-electron chi connectivity index (χ0n) is 15.4. The average molecular weight is 462 g/mol. The molecular weight excluding hydrogens is 442 g/mol. The number of hydrazine groups is 1. The van der Waals surface area contributed by atoms with Gasteiger partial charge in [-0.05, 0) is 71.3 Å². The molecule has 28 heavy (non-hydrogen) atoms. The van der Waals surface area contributed by atoms with E-state index in [1.54, 1.807) is 12.1 Å². The van der Waals surface area contributed by atoms with Gasteiger partial charge in [-0.25, -0.2) is 0 Å². The van der Waals surface area contributed by atoms with Crippen molar-refractivity contribution in [3.05, 3.63) is 69.7 Å². The predicted octanol–water partition coefficient (Wildman–Crippen LogP) is 3.18. The summed E-state index contributed by atoms with van der Waals surface area (Å²) in [6, 6.07) is 13.3. The SMILES string of the molecule is Cc1ccc(/C=C/C(=O)NC(=S)NNC(=O)COc2ccc(C)cc2Br)cc1. The summed E-state index contributed by atoms with van der Waals surface area (Å²) in [7, 11) is 0. The first kappa shape index (κ1) is 21.6. The van der Waals surface area contributed by atoms with E-state index in [0.717, 1.165) is 21.2 Å². The molecule has 0 aliphatic carbocycles. The summed E-state index contributed by atoms with van der Waals surface area (Å²) in [6.45, 7) is 3.73. The fourth-order valence-electron chi connectivity index (χ4n) is 2.06. The fourth-order valence-corrected chi connectivity index (χ4v) is 2.82. The van der Waals surface area contributed by atoms with Crippen LogP contribution in [-0.2, 0) is 9.59 Å². The van der Waals surface area contributed by atoms with Crippen LogP contribution in [0.2, 0.25) is 0 Å². The number of hydrogen-bond donors (Lipinski definition) is 3. The number of nitrogens with one attached hydrogen (secondary N) is 3. The number of hydrogen-bond acceptors (Lipinski definition) is 4. The lowest BCUT2D eigenvalue weighted by Gasteiger charge is -2.11. The van der Waals surface area contributed by atoms with E-state index < -0.39 is 11.8 Å². The number of rotatable bonds is 5. The Kier molecular flexibility index (Phi) is 8.16. The van der Waals surface area contributed by atoms with Crippen molar-refractivity contribution in [1.82, 2.24) is 16.2 Å². The maximum absolute atomic E-state index is 11.8. The Labute approximate surface area is 177 Å². The standard InChI is InChI=1S/C20H20BrN3O3S/c1-13-3-6-15(7-4-13)8-10-18(25)22-20(28)24-23-19(26)12-27-17-9-5-14(2)11-16(17)21/h3-11H,12H2,1-2H3,(H,23,26)(H2,22,24,25,28)/b10-8+. The molecule has 0 spiro atoms. The minimum atomic E-state index is -0.445. The van der Waals surface area contributed by atoms with Crippen LogP contribution in [0.25, 0.3) is 6.08 Å². The van der Waals surface area contributed by atoms with E-state index in [1.807, 2.05) is 50.2 Å². The molecule has 0 atom stereocenters. The molecule has 6 nitrogen and oxygen atoms in total. The molecule has 8 heteroatoms. The van der Waals surface area contributed by atoms with Gasteiger partial charge in [0.05, 0.1) is 4.47 Å². The fraction of sp³-hybridized carbons (Fsp3) is 0.150. The average Bonchev–Trinajstić information content (AvgIpc) is 2.65. The molecular formula is C20H20BrN3O3S. The van der Waals surface area contributed by atoms with Gasteiger partial charge in [-0.3, -0.25) is 25.8 Å². The second-order valence-electron chi connectivity index (χ2n) is 5.96. The van der Waals surface area contributed by atoms with E-state index in [1.165, 1.54) is 6.08 Å². The third kappa shape index (κ3) is 7.50. The Morgan fingerprint density at radius 3 is 2.43 bits per heavy atom. The molecule has 3 N–H and O–H groups in total. The summed E-state index contributed by atoms with van der Waals surface area (Å²) in [5.74, 6) is -0.302. The first-order valence-electron chi connectivity index (χ1n) is 8.37. The second-order valence-corrected chi connectivity index (χ2v) is 7.22. The van der Waals surface area contributed by atoms with Gasteiger partial charge in [0.1, 0.15) is 5.75 Å². The maximum atomic E-state index is 11.8. The van der Waals surface area contributed by atoms with Crippen LogP contribution in [0.4, 0.5) is 0 Å². The highest BCUT2D eigenvalue weighted by Gasteiger charge is 2.07. The van der Waals surface area contributed by atoms with Crippen LogP contribution in [0, 0.1) is 13.8 Å². The van der Waals surface area contributed by atoms with Crippen molar-refractivity contribution in [3.8, 4) is 5.75 Å². The lowest BCUT2D eigenvalue weighted by atomic mass is 10.1. The van der Waals surface area contributed by atoms with E-state index >= 15 is 0 Å². The van der Waals surface area contributed by atoms with Crippen molar-refractivity contribution in [2.24, 2.45) is 0 Å². The third-order valence-electron chi connectivity index (χ3n) is 3.50. The first-order chi connectivity index (χ1) is 13.3. The Morgan fingerprint density at radius 2 is 1.75 bits per heavy atom. The Balaban J connectivity index is 1.71. The molecule has 0 heterocycles. The number of carbonyl (C=O) groups is 2. The van der Waals surface area contributed by atoms with Gasteiger partial charge in [0.25, 0.3) is 5.91 Å². The quantitative estimate of drug-likeness (QED) is 0.362. The molecule has 0 bridgehead atoms. The zero-order valence-corrected chi connectivity index (χ0v) is 17.8. The van der Waals surface area contributed by atoms with Gasteiger partial charge in [0.2, 0.25) is 5.91 Å². The highest BCUT2D eigenvalue weighted by atomic mass is 79.9. The molecule has 0 aliphatic heterocycles. The van der Waals surface area contributed by atoms with Crippen LogP contribution in [0.5, 0.6) is 5.75 Å². The van der Waals surface area contributed by atoms with Crippen molar-refractivity contribution < 1.29 is 14.3 Å². The number of amides is 2. The molecule has 0 saturated heterocycles. The summed E-state index contributed by atoms with van der Waals surface area (Å²) in [6.07, 6.45) is 3.03. The van der Waals surface area contributed by atoms with Gasteiger partial charge in [-0.2, -0.15) is 0 Å². The molecule has 2 amide bonds. The largest absolute Gasteiger partial charge is 0.483 e. The van der Waals surface area contributed by atoms with Crippen molar-refractivity contribution in [3.63, 3.8) is 0 Å². The second kappa shape index (κ2) is 10.6. The number of ether oxygens (including phenoxy) is 1. The van der Waals surface area contributed by atoms with Crippen LogP contribution >= 0.6 is 28.1 Å². The van der Waals surface area contributed by atoms with Gasteiger partial charge >= 0.3 is 0 Å². The normalized spacial score (nSPS) is 10.4. The molecule has 0 radical (unpaired) electrons. The molecule has 146 valence electrons. The van der Waals surface area contributed by atoms with Gasteiger partial charge < -0.3 is 4.74 Å². The Bertz CT molecular complexity index is 898. The number of halogens is 1. The van der Waals surface area contributed by atoms with E-state index in [9.17, 15) is 9.59 Å². The van der Waals surface area contributed by atoms with Gasteiger partial charge in [0.15, 0.2) is 11.7 Å². The van der Waals surface area contributed by atoms with Gasteiger partial charge in [-0.1, -0.05) is 35.9 Å². The van der Waals surface area contributed by atoms with Crippen LogP contribution in [0.3, 0.4) is 0 Å². The van der Waals surface area contributed by atoms with Crippen molar-refractivity contribution in [1.29, 1.82) is 0 Å². The summed E-state index contributed by atoms with van der Waals surface area (Å²) >= 11 is 8.34. The van der Waals surface area contributed by atoms with Crippen molar-refractivity contribution in [2.45, 2.75) is 13.8 Å². The van der Waals surface area contributed by atoms with E-state index in [2.05, 4.69) is 32.1 Å². The Hall–Kier alpha value is -2.71. The van der Waals surface area contributed by atoms with Crippen LogP contribution < -0.4 is 20.9 Å².